The first-order valence-electron chi connectivity index (χ1n) is 5.74. The minimum absolute atomic E-state index is 0.0192. The van der Waals surface area contributed by atoms with Crippen LogP contribution in [0.3, 0.4) is 0 Å². The van der Waals surface area contributed by atoms with Gasteiger partial charge in [0.2, 0.25) is 5.82 Å². The lowest BCUT2D eigenvalue weighted by atomic mass is 10.1. The molecule has 0 unspecified atom stereocenters. The maximum atomic E-state index is 9.73. The zero-order valence-corrected chi connectivity index (χ0v) is 11.3. The number of hydrogen-bond donors (Lipinski definition) is 1. The number of aromatic nitrogens is 2. The fourth-order valence-electron chi connectivity index (χ4n) is 1.50. The molecule has 0 saturated carbocycles. The van der Waals surface area contributed by atoms with Crippen molar-refractivity contribution in [2.24, 2.45) is 0 Å². The second-order valence-corrected chi connectivity index (χ2v) is 4.52. The molecule has 0 amide bonds. The van der Waals surface area contributed by atoms with Crippen LogP contribution in [0.5, 0.6) is 11.5 Å². The van der Waals surface area contributed by atoms with Gasteiger partial charge in [-0.15, -0.1) is 0 Å². The van der Waals surface area contributed by atoms with E-state index in [0.29, 0.717) is 23.0 Å². The summed E-state index contributed by atoms with van der Waals surface area (Å²) in [7, 11) is 3.07. The maximum Gasteiger partial charge on any atom is 0.258 e. The summed E-state index contributed by atoms with van der Waals surface area (Å²) in [5, 5.41) is 13.6. The van der Waals surface area contributed by atoms with E-state index in [-0.39, 0.29) is 5.75 Å². The highest BCUT2D eigenvalue weighted by Crippen LogP contribution is 2.31. The predicted octanol–water partition coefficient (Wildman–Crippen LogP) is 2.33. The summed E-state index contributed by atoms with van der Waals surface area (Å²) in [6.07, 6.45) is 0. The van der Waals surface area contributed by atoms with Crippen LogP contribution in [0.1, 0.15) is 19.7 Å². The Kier molecular flexibility index (Phi) is 3.44. The van der Waals surface area contributed by atoms with Gasteiger partial charge in [0, 0.05) is 12.7 Å². The largest absolute Gasteiger partial charge is 0.504 e. The Bertz CT molecular complexity index is 578. The van der Waals surface area contributed by atoms with E-state index in [1.165, 1.54) is 13.2 Å². The van der Waals surface area contributed by atoms with Gasteiger partial charge in [-0.05, 0) is 32.0 Å². The molecule has 0 atom stereocenters. The van der Waals surface area contributed by atoms with E-state index in [4.69, 9.17) is 14.0 Å². The van der Waals surface area contributed by atoms with Crippen molar-refractivity contribution in [3.63, 3.8) is 0 Å². The molecule has 102 valence electrons. The molecule has 1 heterocycles. The second-order valence-electron chi connectivity index (χ2n) is 4.52. The third-order valence-electron chi connectivity index (χ3n) is 2.90. The Labute approximate surface area is 111 Å². The number of benzene rings is 1. The van der Waals surface area contributed by atoms with Crippen LogP contribution in [0, 0.1) is 0 Å². The van der Waals surface area contributed by atoms with Crippen LogP contribution < -0.4 is 4.74 Å². The molecule has 0 fully saturated rings. The predicted molar refractivity (Wildman–Crippen MR) is 68.0 cm³/mol. The van der Waals surface area contributed by atoms with Gasteiger partial charge in [-0.3, -0.25) is 0 Å². The molecule has 1 aromatic heterocycles. The normalized spacial score (nSPS) is 11.6. The van der Waals surface area contributed by atoms with E-state index >= 15 is 0 Å². The molecule has 0 radical (unpaired) electrons. The molecule has 0 spiro atoms. The molecule has 6 heteroatoms. The number of aromatic hydroxyl groups is 1. The number of phenolic OH excluding ortho intramolecular Hbond substituents is 1. The molecular formula is C13H16N2O4. The molecule has 6 nitrogen and oxygen atoms in total. The first-order chi connectivity index (χ1) is 8.97. The number of methoxy groups -OCH3 is 2. The molecule has 1 aromatic carbocycles. The van der Waals surface area contributed by atoms with Crippen molar-refractivity contribution in [2.45, 2.75) is 19.4 Å². The van der Waals surface area contributed by atoms with Crippen LogP contribution in [0.2, 0.25) is 0 Å². The lowest BCUT2D eigenvalue weighted by molar-refractivity contribution is 0.00973. The fraction of sp³-hybridized carbons (Fsp3) is 0.385. The van der Waals surface area contributed by atoms with Gasteiger partial charge in [0.05, 0.1) is 7.11 Å². The molecule has 0 bridgehead atoms. The Balaban J connectivity index is 2.36. The molecule has 1 N–H and O–H groups in total. The third kappa shape index (κ3) is 2.53. The van der Waals surface area contributed by atoms with Crippen molar-refractivity contribution in [2.75, 3.05) is 14.2 Å². The molecule has 0 aliphatic heterocycles. The molecule has 19 heavy (non-hydrogen) atoms. The maximum absolute atomic E-state index is 9.73. The van der Waals surface area contributed by atoms with Gasteiger partial charge >= 0.3 is 0 Å². The summed E-state index contributed by atoms with van der Waals surface area (Å²) in [5.41, 5.74) is -0.0139. The number of rotatable bonds is 4. The third-order valence-corrected chi connectivity index (χ3v) is 2.90. The van der Waals surface area contributed by atoms with Gasteiger partial charge < -0.3 is 19.1 Å². The number of ether oxygens (including phenoxy) is 2. The minimum Gasteiger partial charge on any atom is -0.504 e. The first kappa shape index (κ1) is 13.4. The molecule has 0 aliphatic rings. The van der Waals surface area contributed by atoms with Crippen molar-refractivity contribution < 1.29 is 19.1 Å². The number of hydrogen-bond acceptors (Lipinski definition) is 6. The monoisotopic (exact) mass is 264 g/mol. The van der Waals surface area contributed by atoms with Crippen LogP contribution in [0.15, 0.2) is 22.7 Å². The van der Waals surface area contributed by atoms with Crippen LogP contribution in [0.4, 0.5) is 0 Å². The smallest absolute Gasteiger partial charge is 0.258 e. The van der Waals surface area contributed by atoms with Crippen LogP contribution in [0.25, 0.3) is 11.5 Å². The van der Waals surface area contributed by atoms with Gasteiger partial charge in [-0.2, -0.15) is 4.98 Å². The van der Waals surface area contributed by atoms with E-state index < -0.39 is 5.60 Å². The summed E-state index contributed by atoms with van der Waals surface area (Å²) in [6, 6.07) is 4.88. The highest BCUT2D eigenvalue weighted by molar-refractivity contribution is 5.59. The Morgan fingerprint density at radius 2 is 2.00 bits per heavy atom. The minimum atomic E-state index is -0.629. The quantitative estimate of drug-likeness (QED) is 0.913. The van der Waals surface area contributed by atoms with E-state index in [1.807, 2.05) is 13.8 Å². The van der Waals surface area contributed by atoms with Crippen LogP contribution in [-0.2, 0) is 10.3 Å². The van der Waals surface area contributed by atoms with Crippen molar-refractivity contribution in [3.8, 4) is 23.0 Å². The zero-order chi connectivity index (χ0) is 14.0. The first-order valence-corrected chi connectivity index (χ1v) is 5.74. The Morgan fingerprint density at radius 3 is 2.58 bits per heavy atom. The Hall–Kier alpha value is -2.08. The number of phenols is 1. The summed E-state index contributed by atoms with van der Waals surface area (Å²) in [6.45, 7) is 3.68. The molecule has 2 rings (SSSR count). The van der Waals surface area contributed by atoms with Gasteiger partial charge in [0.15, 0.2) is 11.5 Å². The van der Waals surface area contributed by atoms with Crippen LogP contribution >= 0.6 is 0 Å². The number of nitrogens with zero attached hydrogens (tertiary/aromatic N) is 2. The van der Waals surface area contributed by atoms with E-state index in [0.717, 1.165) is 0 Å². The Morgan fingerprint density at radius 1 is 1.26 bits per heavy atom. The van der Waals surface area contributed by atoms with E-state index in [1.54, 1.807) is 19.2 Å². The SMILES string of the molecule is COc1ccc(-c2nc(C(C)(C)OC)no2)cc1O. The second kappa shape index (κ2) is 4.89. The highest BCUT2D eigenvalue weighted by Gasteiger charge is 2.26. The molecule has 0 aliphatic carbocycles. The van der Waals surface area contributed by atoms with Crippen LogP contribution in [-0.4, -0.2) is 29.5 Å². The van der Waals surface area contributed by atoms with E-state index in [2.05, 4.69) is 10.1 Å². The lowest BCUT2D eigenvalue weighted by Gasteiger charge is -2.17. The molecular weight excluding hydrogens is 248 g/mol. The topological polar surface area (TPSA) is 77.6 Å². The van der Waals surface area contributed by atoms with Gasteiger partial charge in [0.1, 0.15) is 5.60 Å². The summed E-state index contributed by atoms with van der Waals surface area (Å²) >= 11 is 0. The van der Waals surface area contributed by atoms with Crippen molar-refractivity contribution >= 4 is 0 Å². The fourth-order valence-corrected chi connectivity index (χ4v) is 1.50. The molecule has 2 aromatic rings. The van der Waals surface area contributed by atoms with E-state index in [9.17, 15) is 5.11 Å². The zero-order valence-electron chi connectivity index (χ0n) is 11.3. The summed E-state index contributed by atoms with van der Waals surface area (Å²) in [5.74, 6) is 1.17. The van der Waals surface area contributed by atoms with Crippen molar-refractivity contribution in [1.29, 1.82) is 0 Å². The van der Waals surface area contributed by atoms with Crippen molar-refractivity contribution in [3.05, 3.63) is 24.0 Å². The van der Waals surface area contributed by atoms with Gasteiger partial charge in [0.25, 0.3) is 5.89 Å². The summed E-state index contributed by atoms with van der Waals surface area (Å²) in [4.78, 5) is 4.26. The van der Waals surface area contributed by atoms with Gasteiger partial charge in [-0.1, -0.05) is 5.16 Å². The highest BCUT2D eigenvalue weighted by atomic mass is 16.5. The standard InChI is InChI=1S/C13H16N2O4/c1-13(2,18-4)12-14-11(19-15-12)8-5-6-10(17-3)9(16)7-8/h5-7,16H,1-4H3. The van der Waals surface area contributed by atoms with Crippen molar-refractivity contribution in [1.82, 2.24) is 10.1 Å². The average molecular weight is 264 g/mol. The average Bonchev–Trinajstić information content (AvgIpc) is 2.89. The van der Waals surface area contributed by atoms with Gasteiger partial charge in [-0.25, -0.2) is 0 Å². The molecule has 0 saturated heterocycles. The summed E-state index contributed by atoms with van der Waals surface area (Å²) < 4.78 is 15.4. The lowest BCUT2D eigenvalue weighted by Crippen LogP contribution is -2.21.